The van der Waals surface area contributed by atoms with Crippen LogP contribution in [0.2, 0.25) is 0 Å². The zero-order chi connectivity index (χ0) is 14.4. The summed E-state index contributed by atoms with van der Waals surface area (Å²) in [5.41, 5.74) is 1.35. The minimum atomic E-state index is 0.759. The maximum absolute atomic E-state index is 4.23. The third kappa shape index (κ3) is 5.25. The van der Waals surface area contributed by atoms with E-state index in [0.29, 0.717) is 0 Å². The molecule has 1 aliphatic rings. The molecule has 20 heavy (non-hydrogen) atoms. The number of likely N-dealkylation sites (tertiary alicyclic amines) is 1. The summed E-state index contributed by atoms with van der Waals surface area (Å²) in [5, 5.41) is 7.83. The molecule has 1 N–H and O–H groups in total. The minimum Gasteiger partial charge on any atom is -0.316 e. The molecular weight excluding hydrogens is 248 g/mol. The lowest BCUT2D eigenvalue weighted by Gasteiger charge is -2.32. The van der Waals surface area contributed by atoms with E-state index in [-0.39, 0.29) is 0 Å². The molecule has 0 unspecified atom stereocenters. The third-order valence-corrected chi connectivity index (χ3v) is 4.17. The Bertz CT molecular complexity index is 378. The van der Waals surface area contributed by atoms with Crippen molar-refractivity contribution in [2.75, 3.05) is 32.7 Å². The van der Waals surface area contributed by atoms with Gasteiger partial charge in [-0.3, -0.25) is 4.68 Å². The average Bonchev–Trinajstić information content (AvgIpc) is 2.83. The second kappa shape index (κ2) is 7.79. The van der Waals surface area contributed by atoms with Gasteiger partial charge in [0.1, 0.15) is 0 Å². The molecule has 2 rings (SSSR count). The Hall–Kier alpha value is -0.870. The van der Waals surface area contributed by atoms with Gasteiger partial charge in [0, 0.05) is 19.8 Å². The van der Waals surface area contributed by atoms with Crippen molar-refractivity contribution in [1.82, 2.24) is 20.0 Å². The van der Waals surface area contributed by atoms with E-state index in [1.165, 1.54) is 44.6 Å². The fourth-order valence-electron chi connectivity index (χ4n) is 2.88. The van der Waals surface area contributed by atoms with Crippen LogP contribution in [0.4, 0.5) is 0 Å². The van der Waals surface area contributed by atoms with Crippen molar-refractivity contribution in [2.24, 2.45) is 18.9 Å². The van der Waals surface area contributed by atoms with E-state index in [1.807, 2.05) is 17.9 Å². The number of aryl methyl sites for hydroxylation is 1. The molecule has 4 heteroatoms. The normalized spacial score (nSPS) is 18.0. The van der Waals surface area contributed by atoms with Crippen molar-refractivity contribution in [1.29, 1.82) is 0 Å². The predicted octanol–water partition coefficient (Wildman–Crippen LogP) is 1.92. The van der Waals surface area contributed by atoms with Gasteiger partial charge in [-0.15, -0.1) is 0 Å². The summed E-state index contributed by atoms with van der Waals surface area (Å²) < 4.78 is 1.89. The maximum atomic E-state index is 4.23. The fraction of sp³-hybridized carbons (Fsp3) is 0.812. The number of aromatic nitrogens is 2. The summed E-state index contributed by atoms with van der Waals surface area (Å²) in [5.74, 6) is 1.64. The molecule has 0 radical (unpaired) electrons. The number of piperidine rings is 1. The summed E-state index contributed by atoms with van der Waals surface area (Å²) in [6, 6.07) is 0. The zero-order valence-corrected chi connectivity index (χ0v) is 13.3. The summed E-state index contributed by atoms with van der Waals surface area (Å²) in [7, 11) is 1.99. The lowest BCUT2D eigenvalue weighted by Crippen LogP contribution is -2.38. The Kier molecular flexibility index (Phi) is 6.05. The molecule has 0 spiro atoms. The molecule has 0 amide bonds. The van der Waals surface area contributed by atoms with Gasteiger partial charge in [-0.25, -0.2) is 0 Å². The Morgan fingerprint density at radius 2 is 2.10 bits per heavy atom. The maximum Gasteiger partial charge on any atom is 0.0522 e. The largest absolute Gasteiger partial charge is 0.316 e. The summed E-state index contributed by atoms with van der Waals surface area (Å²) in [6.07, 6.45) is 7.94. The smallest absolute Gasteiger partial charge is 0.0522 e. The van der Waals surface area contributed by atoms with Crippen LogP contribution in [0.25, 0.3) is 0 Å². The molecule has 4 nitrogen and oxygen atoms in total. The first-order valence-electron chi connectivity index (χ1n) is 8.04. The van der Waals surface area contributed by atoms with Gasteiger partial charge in [0.15, 0.2) is 0 Å². The zero-order valence-electron chi connectivity index (χ0n) is 13.3. The quantitative estimate of drug-likeness (QED) is 0.827. The third-order valence-electron chi connectivity index (χ3n) is 4.17. The predicted molar refractivity (Wildman–Crippen MR) is 83.8 cm³/mol. The van der Waals surface area contributed by atoms with Crippen LogP contribution < -0.4 is 5.32 Å². The molecule has 0 saturated carbocycles. The minimum absolute atomic E-state index is 0.759. The highest BCUT2D eigenvalue weighted by molar-refractivity contribution is 5.04. The van der Waals surface area contributed by atoms with Crippen molar-refractivity contribution in [3.8, 4) is 0 Å². The molecule has 1 fully saturated rings. The SMILES string of the molecule is CC(C)CNCC1CCN(CCc2cnn(C)c2)CC1. The Labute approximate surface area is 123 Å². The fourth-order valence-corrected chi connectivity index (χ4v) is 2.88. The standard InChI is InChI=1S/C16H30N4/c1-14(2)10-17-11-15-4-7-20(8-5-15)9-6-16-12-18-19(3)13-16/h12-15,17H,4-11H2,1-3H3. The van der Waals surface area contributed by atoms with E-state index in [0.717, 1.165) is 24.8 Å². The molecule has 1 aromatic rings. The number of hydrogen-bond donors (Lipinski definition) is 1. The van der Waals surface area contributed by atoms with Crippen molar-refractivity contribution >= 4 is 0 Å². The van der Waals surface area contributed by atoms with Crippen LogP contribution in [0.5, 0.6) is 0 Å². The van der Waals surface area contributed by atoms with E-state index >= 15 is 0 Å². The van der Waals surface area contributed by atoms with E-state index in [2.05, 4.69) is 35.4 Å². The molecule has 0 aliphatic carbocycles. The Morgan fingerprint density at radius 3 is 2.70 bits per heavy atom. The lowest BCUT2D eigenvalue weighted by molar-refractivity contribution is 0.183. The highest BCUT2D eigenvalue weighted by atomic mass is 15.2. The van der Waals surface area contributed by atoms with E-state index < -0.39 is 0 Å². The van der Waals surface area contributed by atoms with E-state index in [4.69, 9.17) is 0 Å². The number of hydrogen-bond acceptors (Lipinski definition) is 3. The van der Waals surface area contributed by atoms with Gasteiger partial charge >= 0.3 is 0 Å². The van der Waals surface area contributed by atoms with E-state index in [1.54, 1.807) is 0 Å². The molecule has 0 aromatic carbocycles. The van der Waals surface area contributed by atoms with Gasteiger partial charge in [0.2, 0.25) is 0 Å². The van der Waals surface area contributed by atoms with Crippen LogP contribution in [0.15, 0.2) is 12.4 Å². The van der Waals surface area contributed by atoms with Crippen molar-refractivity contribution in [2.45, 2.75) is 33.1 Å². The molecule has 0 bridgehead atoms. The Balaban J connectivity index is 1.59. The molecule has 0 atom stereocenters. The first-order chi connectivity index (χ1) is 9.63. The van der Waals surface area contributed by atoms with Crippen molar-refractivity contribution < 1.29 is 0 Å². The first-order valence-corrected chi connectivity index (χ1v) is 8.04. The summed E-state index contributed by atoms with van der Waals surface area (Å²) in [4.78, 5) is 2.60. The van der Waals surface area contributed by atoms with E-state index in [9.17, 15) is 0 Å². The topological polar surface area (TPSA) is 33.1 Å². The molecule has 1 aromatic heterocycles. The van der Waals surface area contributed by atoms with Crippen LogP contribution in [-0.4, -0.2) is 47.4 Å². The molecule has 1 saturated heterocycles. The molecule has 1 aliphatic heterocycles. The monoisotopic (exact) mass is 278 g/mol. The molecule has 2 heterocycles. The van der Waals surface area contributed by atoms with Gasteiger partial charge in [-0.2, -0.15) is 5.10 Å². The second-order valence-electron chi connectivity index (χ2n) is 6.61. The molecular formula is C16H30N4. The molecule has 114 valence electrons. The van der Waals surface area contributed by atoms with Gasteiger partial charge in [-0.05, 0) is 62.8 Å². The van der Waals surface area contributed by atoms with Crippen LogP contribution >= 0.6 is 0 Å². The second-order valence-corrected chi connectivity index (χ2v) is 6.61. The van der Waals surface area contributed by atoms with Crippen LogP contribution in [0.1, 0.15) is 32.3 Å². The average molecular weight is 278 g/mol. The number of nitrogens with zero attached hydrogens (tertiary/aromatic N) is 3. The van der Waals surface area contributed by atoms with Crippen molar-refractivity contribution in [3.05, 3.63) is 18.0 Å². The van der Waals surface area contributed by atoms with Crippen LogP contribution in [0, 0.1) is 11.8 Å². The summed E-state index contributed by atoms with van der Waals surface area (Å²) in [6.45, 7) is 10.6. The Morgan fingerprint density at radius 1 is 1.35 bits per heavy atom. The van der Waals surface area contributed by atoms with Gasteiger partial charge in [-0.1, -0.05) is 13.8 Å². The van der Waals surface area contributed by atoms with Crippen LogP contribution in [0.3, 0.4) is 0 Å². The van der Waals surface area contributed by atoms with Gasteiger partial charge in [0.25, 0.3) is 0 Å². The number of rotatable bonds is 7. The highest BCUT2D eigenvalue weighted by Gasteiger charge is 2.18. The van der Waals surface area contributed by atoms with Crippen molar-refractivity contribution in [3.63, 3.8) is 0 Å². The van der Waals surface area contributed by atoms with Gasteiger partial charge in [0.05, 0.1) is 6.20 Å². The lowest BCUT2D eigenvalue weighted by atomic mass is 9.96. The summed E-state index contributed by atoms with van der Waals surface area (Å²) >= 11 is 0. The van der Waals surface area contributed by atoms with Gasteiger partial charge < -0.3 is 10.2 Å². The first kappa shape index (κ1) is 15.5. The number of nitrogens with one attached hydrogen (secondary N) is 1. The highest BCUT2D eigenvalue weighted by Crippen LogP contribution is 2.16. The van der Waals surface area contributed by atoms with Crippen LogP contribution in [-0.2, 0) is 13.5 Å².